The number of carboxylic acids is 1. The van der Waals surface area contributed by atoms with Gasteiger partial charge >= 0.3 is 5.97 Å². The van der Waals surface area contributed by atoms with Crippen LogP contribution in [0.4, 0.5) is 0 Å². The summed E-state index contributed by atoms with van der Waals surface area (Å²) in [6, 6.07) is 0. The topological polar surface area (TPSA) is 37.3 Å². The first kappa shape index (κ1) is 7.95. The van der Waals surface area contributed by atoms with Crippen LogP contribution in [0, 0.1) is 0 Å². The van der Waals surface area contributed by atoms with E-state index < -0.39 is 5.97 Å². The molecule has 0 amide bonds. The second kappa shape index (κ2) is 3.89. The molecule has 0 radical (unpaired) electrons. The van der Waals surface area contributed by atoms with Gasteiger partial charge in [0.1, 0.15) is 0 Å². The predicted octanol–water partition coefficient (Wildman–Crippen LogP) is 1.59. The zero-order chi connectivity index (χ0) is 7.28. The van der Waals surface area contributed by atoms with Gasteiger partial charge in [0.05, 0.1) is 0 Å². The van der Waals surface area contributed by atoms with Crippen molar-refractivity contribution in [3.8, 4) is 0 Å². The third-order valence-corrected chi connectivity index (χ3v) is 0.876. The Hall–Kier alpha value is -1.05. The minimum Gasteiger partial charge on any atom is -0.478 e. The number of aliphatic carboxylic acids is 1. The van der Waals surface area contributed by atoms with Crippen molar-refractivity contribution in [1.29, 1.82) is 0 Å². The summed E-state index contributed by atoms with van der Waals surface area (Å²) in [6.07, 6.45) is 5.04. The zero-order valence-corrected chi connectivity index (χ0v) is 5.59. The van der Waals surface area contributed by atoms with Crippen molar-refractivity contribution in [2.45, 2.75) is 13.8 Å². The molecule has 0 bridgehead atoms. The zero-order valence-electron chi connectivity index (χ0n) is 5.59. The van der Waals surface area contributed by atoms with Crippen molar-refractivity contribution in [2.24, 2.45) is 0 Å². The second-order valence-electron chi connectivity index (χ2n) is 1.68. The third-order valence-electron chi connectivity index (χ3n) is 0.876. The standard InChI is InChI=1S/C7H10O2/c1-3-4-5-6(2)7(8)9/h3-5H,1-2H3,(H,8,9)/b4-3-,6-5+. The van der Waals surface area contributed by atoms with Crippen LogP contribution in [0.1, 0.15) is 13.8 Å². The van der Waals surface area contributed by atoms with E-state index >= 15 is 0 Å². The van der Waals surface area contributed by atoms with Gasteiger partial charge in [0.25, 0.3) is 0 Å². The number of carboxylic acid groups (broad SMARTS) is 1. The molecule has 0 saturated carbocycles. The Morgan fingerprint density at radius 1 is 1.56 bits per heavy atom. The largest absolute Gasteiger partial charge is 0.478 e. The third kappa shape index (κ3) is 3.53. The maximum Gasteiger partial charge on any atom is 0.331 e. The normalized spacial score (nSPS) is 12.4. The average molecular weight is 126 g/mol. The summed E-state index contributed by atoms with van der Waals surface area (Å²) >= 11 is 0. The van der Waals surface area contributed by atoms with E-state index in [1.807, 2.05) is 6.92 Å². The van der Waals surface area contributed by atoms with Crippen LogP contribution in [0.25, 0.3) is 0 Å². The lowest BCUT2D eigenvalue weighted by atomic mass is 10.3. The van der Waals surface area contributed by atoms with E-state index in [4.69, 9.17) is 5.11 Å². The van der Waals surface area contributed by atoms with Gasteiger partial charge in [-0.3, -0.25) is 0 Å². The molecule has 0 unspecified atom stereocenters. The van der Waals surface area contributed by atoms with E-state index in [2.05, 4.69) is 0 Å². The second-order valence-corrected chi connectivity index (χ2v) is 1.68. The molecule has 0 heterocycles. The SMILES string of the molecule is C/C=C\C=C(/C)C(=O)O. The number of hydrogen-bond donors (Lipinski definition) is 1. The summed E-state index contributed by atoms with van der Waals surface area (Å²) in [4.78, 5) is 10.1. The highest BCUT2D eigenvalue weighted by molar-refractivity contribution is 5.86. The van der Waals surface area contributed by atoms with E-state index in [0.717, 1.165) is 0 Å². The van der Waals surface area contributed by atoms with Crippen molar-refractivity contribution < 1.29 is 9.90 Å². The molecule has 2 nitrogen and oxygen atoms in total. The highest BCUT2D eigenvalue weighted by Crippen LogP contribution is 1.91. The van der Waals surface area contributed by atoms with Crippen LogP contribution in [0.3, 0.4) is 0 Å². The maximum absolute atomic E-state index is 10.1. The fourth-order valence-electron chi connectivity index (χ4n) is 0.312. The fraction of sp³-hybridized carbons (Fsp3) is 0.286. The van der Waals surface area contributed by atoms with E-state index in [9.17, 15) is 4.79 Å². The number of allylic oxidation sites excluding steroid dienone is 3. The highest BCUT2D eigenvalue weighted by atomic mass is 16.4. The Bertz CT molecular complexity index is 154. The Morgan fingerprint density at radius 3 is 2.44 bits per heavy atom. The molecule has 0 aromatic rings. The number of rotatable bonds is 2. The van der Waals surface area contributed by atoms with Crippen molar-refractivity contribution in [3.05, 3.63) is 23.8 Å². The highest BCUT2D eigenvalue weighted by Gasteiger charge is 1.94. The molecule has 0 aromatic carbocycles. The molecule has 0 fully saturated rings. The summed E-state index contributed by atoms with van der Waals surface area (Å²) in [5.74, 6) is -0.867. The van der Waals surface area contributed by atoms with Gasteiger partial charge in [-0.05, 0) is 13.8 Å². The fourth-order valence-corrected chi connectivity index (χ4v) is 0.312. The van der Waals surface area contributed by atoms with Crippen molar-refractivity contribution in [2.75, 3.05) is 0 Å². The molecule has 0 rings (SSSR count). The molecule has 0 aliphatic rings. The monoisotopic (exact) mass is 126 g/mol. The predicted molar refractivity (Wildman–Crippen MR) is 36.2 cm³/mol. The van der Waals surface area contributed by atoms with Crippen LogP contribution in [0.5, 0.6) is 0 Å². The van der Waals surface area contributed by atoms with Crippen LogP contribution in [-0.2, 0) is 4.79 Å². The van der Waals surface area contributed by atoms with Gasteiger partial charge < -0.3 is 5.11 Å². The summed E-state index contributed by atoms with van der Waals surface area (Å²) in [6.45, 7) is 3.40. The smallest absolute Gasteiger partial charge is 0.331 e. The first-order chi connectivity index (χ1) is 4.18. The molecular formula is C7H10O2. The van der Waals surface area contributed by atoms with Gasteiger partial charge in [-0.15, -0.1) is 0 Å². The molecule has 0 aromatic heterocycles. The lowest BCUT2D eigenvalue weighted by Crippen LogP contribution is -1.94. The molecule has 0 saturated heterocycles. The summed E-state index contributed by atoms with van der Waals surface area (Å²) < 4.78 is 0. The Labute approximate surface area is 54.5 Å². The lowest BCUT2D eigenvalue weighted by molar-refractivity contribution is -0.132. The van der Waals surface area contributed by atoms with Gasteiger partial charge in [-0.2, -0.15) is 0 Å². The average Bonchev–Trinajstić information content (AvgIpc) is 1.82. The molecule has 9 heavy (non-hydrogen) atoms. The van der Waals surface area contributed by atoms with Gasteiger partial charge in [0, 0.05) is 5.57 Å². The minimum absolute atomic E-state index is 0.355. The molecule has 1 N–H and O–H groups in total. The number of hydrogen-bond acceptors (Lipinski definition) is 1. The van der Waals surface area contributed by atoms with Crippen LogP contribution in [0.2, 0.25) is 0 Å². The van der Waals surface area contributed by atoms with Crippen LogP contribution in [0.15, 0.2) is 23.8 Å². The van der Waals surface area contributed by atoms with E-state index in [0.29, 0.717) is 5.57 Å². The molecule has 0 aliphatic heterocycles. The minimum atomic E-state index is -0.867. The van der Waals surface area contributed by atoms with Gasteiger partial charge in [0.2, 0.25) is 0 Å². The van der Waals surface area contributed by atoms with Crippen LogP contribution < -0.4 is 0 Å². The first-order valence-electron chi connectivity index (χ1n) is 2.71. The molecule has 0 atom stereocenters. The summed E-state index contributed by atoms with van der Waals surface area (Å²) in [5, 5.41) is 8.31. The van der Waals surface area contributed by atoms with Gasteiger partial charge in [-0.1, -0.05) is 18.2 Å². The summed E-state index contributed by atoms with van der Waals surface area (Å²) in [5.41, 5.74) is 0.355. The molecular weight excluding hydrogens is 116 g/mol. The van der Waals surface area contributed by atoms with Crippen LogP contribution in [-0.4, -0.2) is 11.1 Å². The van der Waals surface area contributed by atoms with E-state index in [-0.39, 0.29) is 0 Å². The quantitative estimate of drug-likeness (QED) is 0.450. The van der Waals surface area contributed by atoms with Gasteiger partial charge in [-0.25, -0.2) is 4.79 Å². The Kier molecular flexibility index (Phi) is 3.44. The van der Waals surface area contributed by atoms with Crippen molar-refractivity contribution in [1.82, 2.24) is 0 Å². The molecule has 50 valence electrons. The Balaban J connectivity index is 4.00. The van der Waals surface area contributed by atoms with Gasteiger partial charge in [0.15, 0.2) is 0 Å². The molecule has 0 aliphatic carbocycles. The maximum atomic E-state index is 10.1. The van der Waals surface area contributed by atoms with Crippen LogP contribution >= 0.6 is 0 Å². The van der Waals surface area contributed by atoms with E-state index in [1.54, 1.807) is 25.2 Å². The molecule has 0 spiro atoms. The summed E-state index contributed by atoms with van der Waals surface area (Å²) in [7, 11) is 0. The Morgan fingerprint density at radius 2 is 2.11 bits per heavy atom. The van der Waals surface area contributed by atoms with Crippen molar-refractivity contribution in [3.63, 3.8) is 0 Å². The van der Waals surface area contributed by atoms with Crippen molar-refractivity contribution >= 4 is 5.97 Å². The number of carbonyl (C=O) groups is 1. The lowest BCUT2D eigenvalue weighted by Gasteiger charge is -1.85. The molecule has 2 heteroatoms. The van der Waals surface area contributed by atoms with E-state index in [1.165, 1.54) is 0 Å². The first-order valence-corrected chi connectivity index (χ1v) is 2.71.